The molecule has 0 radical (unpaired) electrons. The number of aryl methyl sites for hydroxylation is 1. The van der Waals surface area contributed by atoms with Crippen LogP contribution in [-0.4, -0.2) is 41.5 Å². The number of ketones is 1. The zero-order valence-corrected chi connectivity index (χ0v) is 26.5. The Bertz CT molecular complexity index is 2030. The molecule has 3 N–H and O–H groups in total. The van der Waals surface area contributed by atoms with Crippen LogP contribution in [0, 0.1) is 14.3 Å². The van der Waals surface area contributed by atoms with Crippen molar-refractivity contribution in [2.24, 2.45) is 7.05 Å². The Kier molecular flexibility index (Phi) is 9.77. The number of ether oxygens (including phenoxy) is 1. The van der Waals surface area contributed by atoms with Gasteiger partial charge in [0.05, 0.1) is 33.1 Å². The number of fused-ring (bicyclic) bond motifs is 3. The summed E-state index contributed by atoms with van der Waals surface area (Å²) in [5.74, 6) is 0.0649. The summed E-state index contributed by atoms with van der Waals surface area (Å²) in [6.07, 6.45) is 0. The number of halogens is 1. The SMILES string of the molecule is CC(=O)c1ccc2c(c1)[nH]c(=S)n2C.CC(C)n1c(=S)[nH]c2ccccc21.COCn1c(=S)[nH]c2cc(Cl)ccc21. The van der Waals surface area contributed by atoms with E-state index in [1.807, 2.05) is 70.8 Å². The Morgan fingerprint density at radius 2 is 1.49 bits per heavy atom. The maximum absolute atomic E-state index is 11.1. The van der Waals surface area contributed by atoms with Crippen LogP contribution in [0.5, 0.6) is 0 Å². The Labute approximate surface area is 257 Å². The third-order valence-electron chi connectivity index (χ3n) is 6.45. The second-order valence-corrected chi connectivity index (χ2v) is 11.2. The first-order valence-electron chi connectivity index (χ1n) is 12.8. The molecule has 3 heterocycles. The largest absolute Gasteiger partial charge is 0.364 e. The predicted molar refractivity (Wildman–Crippen MR) is 175 cm³/mol. The number of rotatable bonds is 4. The zero-order chi connectivity index (χ0) is 29.8. The molecule has 12 heteroatoms. The van der Waals surface area contributed by atoms with E-state index in [1.54, 1.807) is 14.0 Å². The second kappa shape index (κ2) is 13.1. The third kappa shape index (κ3) is 6.77. The minimum atomic E-state index is 0.0649. The van der Waals surface area contributed by atoms with E-state index in [0.717, 1.165) is 32.4 Å². The molecule has 6 aromatic rings. The highest BCUT2D eigenvalue weighted by Crippen LogP contribution is 2.20. The summed E-state index contributed by atoms with van der Waals surface area (Å²) in [6, 6.07) is 19.7. The average molecular weight is 627 g/mol. The molecule has 0 spiro atoms. The molecule has 0 aliphatic heterocycles. The van der Waals surface area contributed by atoms with Gasteiger partial charge >= 0.3 is 0 Å². The number of methoxy groups -OCH3 is 1. The fourth-order valence-corrected chi connectivity index (χ4v) is 5.50. The molecule has 0 atom stereocenters. The van der Waals surface area contributed by atoms with E-state index in [-0.39, 0.29) is 5.78 Å². The van der Waals surface area contributed by atoms with Crippen LogP contribution in [0.1, 0.15) is 37.2 Å². The molecule has 0 aliphatic rings. The number of benzene rings is 3. The first-order valence-corrected chi connectivity index (χ1v) is 14.4. The summed E-state index contributed by atoms with van der Waals surface area (Å²) in [5, 5.41) is 0.693. The number of hydrogen-bond acceptors (Lipinski definition) is 5. The van der Waals surface area contributed by atoms with E-state index in [0.29, 0.717) is 32.9 Å². The van der Waals surface area contributed by atoms with Gasteiger partial charge in [-0.1, -0.05) is 23.7 Å². The molecule has 0 saturated heterocycles. The lowest BCUT2D eigenvalue weighted by atomic mass is 10.1. The molecule has 41 heavy (non-hydrogen) atoms. The van der Waals surface area contributed by atoms with Gasteiger partial charge in [0.1, 0.15) is 6.73 Å². The summed E-state index contributed by atoms with van der Waals surface area (Å²) < 4.78 is 13.0. The lowest BCUT2D eigenvalue weighted by Gasteiger charge is -2.07. The van der Waals surface area contributed by atoms with Crippen LogP contribution < -0.4 is 0 Å². The van der Waals surface area contributed by atoms with Gasteiger partial charge in [-0.3, -0.25) is 9.36 Å². The van der Waals surface area contributed by atoms with Crippen molar-refractivity contribution in [3.63, 3.8) is 0 Å². The Morgan fingerprint density at radius 3 is 2.17 bits per heavy atom. The zero-order valence-electron chi connectivity index (χ0n) is 23.3. The molecule has 3 aromatic carbocycles. The topological polar surface area (TPSA) is 88.5 Å². The fourth-order valence-electron chi connectivity index (χ4n) is 4.44. The molecule has 0 amide bonds. The van der Waals surface area contributed by atoms with Crippen molar-refractivity contribution in [3.05, 3.63) is 85.6 Å². The quantitative estimate of drug-likeness (QED) is 0.135. The number of aromatic nitrogens is 6. The molecule has 0 bridgehead atoms. The normalized spacial score (nSPS) is 11.0. The van der Waals surface area contributed by atoms with Crippen LogP contribution in [0.4, 0.5) is 0 Å². The number of aromatic amines is 3. The fraction of sp³-hybridized carbons (Fsp3) is 0.241. The molecule has 0 saturated carbocycles. The van der Waals surface area contributed by atoms with E-state index in [4.69, 9.17) is 53.0 Å². The average Bonchev–Trinajstić information content (AvgIpc) is 3.53. The van der Waals surface area contributed by atoms with Crippen molar-refractivity contribution in [1.29, 1.82) is 0 Å². The number of carbonyl (C=O) groups is 1. The van der Waals surface area contributed by atoms with Crippen molar-refractivity contribution in [3.8, 4) is 0 Å². The van der Waals surface area contributed by atoms with Crippen LogP contribution >= 0.6 is 48.3 Å². The van der Waals surface area contributed by atoms with E-state index < -0.39 is 0 Å². The standard InChI is InChI=1S/C10H10N2OS.C10H12N2S.C9H9ClN2OS/c1-6(13)7-3-4-9-8(5-7)11-10(14)12(9)2;1-7(2)12-9-6-4-3-5-8(9)11-10(12)13;1-13-5-12-8-3-2-6(10)4-7(8)11-9(12)14/h3-5H,1-2H3,(H,11,14);3-7H,1-2H3,(H,11,13);2-4H,5H2,1H3,(H,11,14). The molecular weight excluding hydrogens is 596 g/mol. The Morgan fingerprint density at radius 1 is 0.854 bits per heavy atom. The number of Topliss-reactive ketones (excluding diaryl/α,β-unsaturated/α-hetero) is 1. The van der Waals surface area contributed by atoms with Gasteiger partial charge in [0, 0.05) is 30.8 Å². The molecular formula is C29H31ClN6O2S3. The number of hydrogen-bond donors (Lipinski definition) is 3. The lowest BCUT2D eigenvalue weighted by molar-refractivity contribution is 0.101. The molecule has 0 fully saturated rings. The minimum absolute atomic E-state index is 0.0649. The van der Waals surface area contributed by atoms with Crippen LogP contribution in [0.2, 0.25) is 5.02 Å². The molecule has 0 aliphatic carbocycles. The molecule has 214 valence electrons. The van der Waals surface area contributed by atoms with E-state index in [1.165, 1.54) is 5.52 Å². The maximum Gasteiger partial charge on any atom is 0.180 e. The van der Waals surface area contributed by atoms with Gasteiger partial charge in [-0.15, -0.1) is 0 Å². The van der Waals surface area contributed by atoms with Crippen LogP contribution in [0.3, 0.4) is 0 Å². The summed E-state index contributed by atoms with van der Waals surface area (Å²) >= 11 is 21.3. The van der Waals surface area contributed by atoms with Crippen LogP contribution in [-0.2, 0) is 18.5 Å². The lowest BCUT2D eigenvalue weighted by Crippen LogP contribution is -1.99. The van der Waals surface area contributed by atoms with Gasteiger partial charge in [-0.25, -0.2) is 0 Å². The van der Waals surface area contributed by atoms with Gasteiger partial charge in [-0.05, 0) is 106 Å². The van der Waals surface area contributed by atoms with E-state index in [2.05, 4.69) is 39.4 Å². The maximum atomic E-state index is 11.1. The van der Waals surface area contributed by atoms with Crippen molar-refractivity contribution < 1.29 is 9.53 Å². The van der Waals surface area contributed by atoms with Crippen LogP contribution in [0.25, 0.3) is 33.1 Å². The first kappa shape index (κ1) is 30.6. The number of carbonyl (C=O) groups excluding carboxylic acids is 1. The highest BCUT2D eigenvalue weighted by atomic mass is 35.5. The highest BCUT2D eigenvalue weighted by molar-refractivity contribution is 7.71. The van der Waals surface area contributed by atoms with Crippen molar-refractivity contribution in [2.45, 2.75) is 33.5 Å². The first-order chi connectivity index (χ1) is 19.5. The Balaban J connectivity index is 0.000000142. The summed E-state index contributed by atoms with van der Waals surface area (Å²) in [4.78, 5) is 20.4. The van der Waals surface area contributed by atoms with Crippen molar-refractivity contribution in [1.82, 2.24) is 28.7 Å². The number of nitrogens with one attached hydrogen (secondary N) is 3. The molecule has 6 rings (SSSR count). The third-order valence-corrected chi connectivity index (χ3v) is 7.68. The number of H-pyrrole nitrogens is 3. The van der Waals surface area contributed by atoms with Gasteiger partial charge in [0.2, 0.25) is 0 Å². The van der Waals surface area contributed by atoms with E-state index in [9.17, 15) is 4.79 Å². The molecule has 0 unspecified atom stereocenters. The van der Waals surface area contributed by atoms with Gasteiger partial charge in [0.25, 0.3) is 0 Å². The number of para-hydroxylation sites is 2. The molecule has 3 aromatic heterocycles. The Hall–Kier alpha value is -3.35. The van der Waals surface area contributed by atoms with Gasteiger partial charge < -0.3 is 28.8 Å². The number of imidazole rings is 3. The monoisotopic (exact) mass is 626 g/mol. The summed E-state index contributed by atoms with van der Waals surface area (Å²) in [6.45, 7) is 6.27. The highest BCUT2D eigenvalue weighted by Gasteiger charge is 2.06. The minimum Gasteiger partial charge on any atom is -0.364 e. The summed E-state index contributed by atoms with van der Waals surface area (Å²) in [5.41, 5.74) is 6.85. The van der Waals surface area contributed by atoms with Crippen LogP contribution in [0.15, 0.2) is 60.7 Å². The van der Waals surface area contributed by atoms with E-state index >= 15 is 0 Å². The second-order valence-electron chi connectivity index (χ2n) is 9.63. The smallest absolute Gasteiger partial charge is 0.180 e. The molecule has 8 nitrogen and oxygen atoms in total. The van der Waals surface area contributed by atoms with Crippen molar-refractivity contribution in [2.75, 3.05) is 7.11 Å². The predicted octanol–water partition coefficient (Wildman–Crippen LogP) is 8.67. The van der Waals surface area contributed by atoms with Crippen molar-refractivity contribution >= 4 is 87.1 Å². The van der Waals surface area contributed by atoms with Gasteiger partial charge in [0.15, 0.2) is 20.1 Å². The number of nitrogens with zero attached hydrogens (tertiary/aromatic N) is 3. The van der Waals surface area contributed by atoms with Gasteiger partial charge in [-0.2, -0.15) is 0 Å². The summed E-state index contributed by atoms with van der Waals surface area (Å²) in [7, 11) is 3.53.